The van der Waals surface area contributed by atoms with E-state index >= 15 is 0 Å². The van der Waals surface area contributed by atoms with Crippen molar-refractivity contribution in [2.75, 3.05) is 30.9 Å². The maximum Gasteiger partial charge on any atom is 0.321 e. The maximum absolute atomic E-state index is 12.7. The van der Waals surface area contributed by atoms with Crippen LogP contribution >= 0.6 is 12.2 Å². The van der Waals surface area contributed by atoms with Gasteiger partial charge in [-0.05, 0) is 43.4 Å². The van der Waals surface area contributed by atoms with Gasteiger partial charge in [-0.1, -0.05) is 0 Å². The SMILES string of the molecule is CCOC(=O)CCC(=O)NC(=S)Nc1ccc(S(=O)(=O)Nc2cc(OC)nc(OC)n2)cc1. The van der Waals surface area contributed by atoms with E-state index in [1.54, 1.807) is 6.92 Å². The molecule has 1 amide bonds. The number of anilines is 2. The van der Waals surface area contributed by atoms with Crippen LogP contribution in [0.25, 0.3) is 0 Å². The number of rotatable bonds is 10. The molecule has 12 nitrogen and oxygen atoms in total. The van der Waals surface area contributed by atoms with Gasteiger partial charge >= 0.3 is 12.0 Å². The first-order chi connectivity index (χ1) is 15.7. The highest BCUT2D eigenvalue weighted by molar-refractivity contribution is 7.92. The van der Waals surface area contributed by atoms with Crippen molar-refractivity contribution in [2.24, 2.45) is 0 Å². The van der Waals surface area contributed by atoms with E-state index in [0.29, 0.717) is 5.69 Å². The molecule has 0 saturated carbocycles. The topological polar surface area (TPSA) is 158 Å². The van der Waals surface area contributed by atoms with Gasteiger partial charge in [0, 0.05) is 18.2 Å². The second-order valence-corrected chi connectivity index (χ2v) is 8.31. The molecule has 178 valence electrons. The maximum atomic E-state index is 12.7. The summed E-state index contributed by atoms with van der Waals surface area (Å²) in [6, 6.07) is 6.85. The van der Waals surface area contributed by atoms with Crippen LogP contribution in [0.2, 0.25) is 0 Å². The number of amides is 1. The molecule has 1 aromatic carbocycles. The Morgan fingerprint density at radius 1 is 1.06 bits per heavy atom. The fraction of sp³-hybridized carbons (Fsp3) is 0.316. The van der Waals surface area contributed by atoms with Gasteiger partial charge in [0.25, 0.3) is 10.0 Å². The predicted molar refractivity (Wildman–Crippen MR) is 123 cm³/mol. The molecule has 1 heterocycles. The van der Waals surface area contributed by atoms with E-state index in [-0.39, 0.29) is 47.2 Å². The number of hydrogen-bond donors (Lipinski definition) is 3. The van der Waals surface area contributed by atoms with Crippen molar-refractivity contribution in [3.8, 4) is 11.9 Å². The molecule has 0 fully saturated rings. The van der Waals surface area contributed by atoms with Gasteiger partial charge in [0.1, 0.15) is 0 Å². The van der Waals surface area contributed by atoms with Gasteiger partial charge in [-0.3, -0.25) is 14.3 Å². The van der Waals surface area contributed by atoms with Gasteiger partial charge < -0.3 is 24.8 Å². The zero-order chi connectivity index (χ0) is 24.4. The van der Waals surface area contributed by atoms with Crippen molar-refractivity contribution in [1.82, 2.24) is 15.3 Å². The lowest BCUT2D eigenvalue weighted by molar-refractivity contribution is -0.144. The predicted octanol–water partition coefficient (Wildman–Crippen LogP) is 1.45. The summed E-state index contributed by atoms with van der Waals surface area (Å²) in [7, 11) is -1.26. The fourth-order valence-electron chi connectivity index (χ4n) is 2.37. The summed E-state index contributed by atoms with van der Waals surface area (Å²) in [6.07, 6.45) is -0.145. The number of thiocarbonyl (C=S) groups is 1. The number of hydrogen-bond acceptors (Lipinski definition) is 10. The Morgan fingerprint density at radius 3 is 2.36 bits per heavy atom. The van der Waals surface area contributed by atoms with Crippen LogP contribution in [-0.4, -0.2) is 56.2 Å². The molecule has 1 aromatic heterocycles. The van der Waals surface area contributed by atoms with Crippen LogP contribution in [0, 0.1) is 0 Å². The molecule has 3 N–H and O–H groups in total. The van der Waals surface area contributed by atoms with Crippen LogP contribution in [0.5, 0.6) is 11.9 Å². The lowest BCUT2D eigenvalue weighted by atomic mass is 10.3. The number of nitrogens with zero attached hydrogens (tertiary/aromatic N) is 2. The Bertz CT molecular complexity index is 1090. The van der Waals surface area contributed by atoms with Crippen molar-refractivity contribution in [3.63, 3.8) is 0 Å². The van der Waals surface area contributed by atoms with Gasteiger partial charge in [-0.15, -0.1) is 0 Å². The number of methoxy groups -OCH3 is 2. The minimum atomic E-state index is -3.97. The molecule has 0 unspecified atom stereocenters. The van der Waals surface area contributed by atoms with Crippen LogP contribution in [-0.2, 0) is 24.3 Å². The standard InChI is InChI=1S/C19H23N5O7S2/c1-4-31-17(26)10-9-15(25)22-19(32)20-12-5-7-13(8-6-12)33(27,28)24-14-11-16(29-2)23-18(21-14)30-3/h5-8,11H,4,9-10H2,1-3H3,(H,21,23,24)(H2,20,22,25,32). The number of nitrogens with one attached hydrogen (secondary N) is 3. The number of ether oxygens (including phenoxy) is 3. The molecule has 0 radical (unpaired) electrons. The number of carbonyl (C=O) groups is 2. The van der Waals surface area contributed by atoms with E-state index in [1.807, 2.05) is 0 Å². The molecule has 2 rings (SSSR count). The van der Waals surface area contributed by atoms with Crippen molar-refractivity contribution in [3.05, 3.63) is 30.3 Å². The first-order valence-corrected chi connectivity index (χ1v) is 11.4. The molecular formula is C19H23N5O7S2. The summed E-state index contributed by atoms with van der Waals surface area (Å²) >= 11 is 5.06. The van der Waals surface area contributed by atoms with Crippen LogP contribution in [0.3, 0.4) is 0 Å². The summed E-state index contributed by atoms with van der Waals surface area (Å²) in [5, 5.41) is 5.19. The minimum Gasteiger partial charge on any atom is -0.481 e. The van der Waals surface area contributed by atoms with E-state index in [9.17, 15) is 18.0 Å². The number of benzene rings is 1. The number of sulfonamides is 1. The third-order valence-corrected chi connectivity index (χ3v) is 5.42. The second kappa shape index (κ2) is 11.9. The van der Waals surface area contributed by atoms with E-state index in [0.717, 1.165) is 0 Å². The molecular weight excluding hydrogens is 474 g/mol. The molecule has 0 bridgehead atoms. The smallest absolute Gasteiger partial charge is 0.321 e. The van der Waals surface area contributed by atoms with Gasteiger partial charge in [-0.25, -0.2) is 8.42 Å². The van der Waals surface area contributed by atoms with Crippen LogP contribution < -0.4 is 24.8 Å². The first kappa shape index (κ1) is 25.7. The van der Waals surface area contributed by atoms with Crippen LogP contribution in [0.4, 0.5) is 11.5 Å². The highest BCUT2D eigenvalue weighted by atomic mass is 32.2. The normalized spacial score (nSPS) is 10.6. The van der Waals surface area contributed by atoms with E-state index in [4.69, 9.17) is 26.4 Å². The highest BCUT2D eigenvalue weighted by Crippen LogP contribution is 2.21. The lowest BCUT2D eigenvalue weighted by Gasteiger charge is -2.11. The highest BCUT2D eigenvalue weighted by Gasteiger charge is 2.17. The summed E-state index contributed by atoms with van der Waals surface area (Å²) < 4.78 is 42.3. The number of carbonyl (C=O) groups excluding carboxylic acids is 2. The minimum absolute atomic E-state index is 0.00207. The molecule has 14 heteroatoms. The summed E-state index contributed by atoms with van der Waals surface area (Å²) in [5.74, 6) is -0.847. The van der Waals surface area contributed by atoms with Crippen LogP contribution in [0.1, 0.15) is 19.8 Å². The monoisotopic (exact) mass is 497 g/mol. The van der Waals surface area contributed by atoms with Gasteiger partial charge in [0.05, 0.1) is 32.1 Å². The number of esters is 1. The molecule has 0 aliphatic heterocycles. The Hall–Kier alpha value is -3.52. The molecule has 33 heavy (non-hydrogen) atoms. The lowest BCUT2D eigenvalue weighted by Crippen LogP contribution is -2.34. The third kappa shape index (κ3) is 8.16. The van der Waals surface area contributed by atoms with Gasteiger partial charge in [0.15, 0.2) is 10.9 Å². The van der Waals surface area contributed by atoms with E-state index < -0.39 is 21.9 Å². The average molecular weight is 498 g/mol. The van der Waals surface area contributed by atoms with Crippen molar-refractivity contribution in [2.45, 2.75) is 24.7 Å². The summed E-state index contributed by atoms with van der Waals surface area (Å²) in [4.78, 5) is 30.9. The Balaban J connectivity index is 1.98. The largest absolute Gasteiger partial charge is 0.481 e. The van der Waals surface area contributed by atoms with E-state index in [2.05, 4.69) is 25.3 Å². The van der Waals surface area contributed by atoms with Gasteiger partial charge in [-0.2, -0.15) is 9.97 Å². The summed E-state index contributed by atoms with van der Waals surface area (Å²) in [6.45, 7) is 1.91. The molecule has 0 saturated heterocycles. The summed E-state index contributed by atoms with van der Waals surface area (Å²) in [5.41, 5.74) is 0.440. The molecule has 0 aliphatic rings. The average Bonchev–Trinajstić information content (AvgIpc) is 2.77. The van der Waals surface area contributed by atoms with Crippen molar-refractivity contribution in [1.29, 1.82) is 0 Å². The van der Waals surface area contributed by atoms with E-state index in [1.165, 1.54) is 44.6 Å². The Labute approximate surface area is 196 Å². The third-order valence-electron chi connectivity index (χ3n) is 3.85. The molecule has 2 aromatic rings. The first-order valence-electron chi connectivity index (χ1n) is 9.53. The zero-order valence-corrected chi connectivity index (χ0v) is 19.7. The zero-order valence-electron chi connectivity index (χ0n) is 18.1. The van der Waals surface area contributed by atoms with Crippen LogP contribution in [0.15, 0.2) is 35.2 Å². The second-order valence-electron chi connectivity index (χ2n) is 6.22. The van der Waals surface area contributed by atoms with Crippen molar-refractivity contribution >= 4 is 50.7 Å². The number of aromatic nitrogens is 2. The Morgan fingerprint density at radius 2 is 1.76 bits per heavy atom. The quantitative estimate of drug-likeness (QED) is 0.322. The van der Waals surface area contributed by atoms with Gasteiger partial charge in [0.2, 0.25) is 11.8 Å². The van der Waals surface area contributed by atoms with Crippen molar-refractivity contribution < 1.29 is 32.2 Å². The molecule has 0 spiro atoms. The Kier molecular flexibility index (Phi) is 9.30. The molecule has 0 atom stereocenters. The molecule has 0 aliphatic carbocycles. The fourth-order valence-corrected chi connectivity index (χ4v) is 3.59.